The molecule has 0 unspecified atom stereocenters. The molecule has 0 spiro atoms. The Bertz CT molecular complexity index is 964. The minimum atomic E-state index is 0.869. The molecule has 2 heterocycles. The molecule has 1 aromatic heterocycles. The van der Waals surface area contributed by atoms with E-state index in [1.54, 1.807) is 6.20 Å². The monoisotopic (exact) mass is 338 g/mol. The van der Waals surface area contributed by atoms with E-state index in [9.17, 15) is 0 Å². The smallest absolute Gasteiger partial charge is 0.137 e. The van der Waals surface area contributed by atoms with Crippen molar-refractivity contribution >= 4 is 11.4 Å². The van der Waals surface area contributed by atoms with Crippen molar-refractivity contribution in [3.8, 4) is 11.1 Å². The number of allylic oxidation sites excluding steroid dienone is 2. The SMILES string of the molecule is C=C1C=C(Cc2ccc(-c3ccc(CC)cc3)cc2)c2cccnc2N1. The van der Waals surface area contributed by atoms with Crippen LogP contribution in [0, 0.1) is 0 Å². The third-order valence-electron chi connectivity index (χ3n) is 4.83. The van der Waals surface area contributed by atoms with E-state index in [-0.39, 0.29) is 0 Å². The summed E-state index contributed by atoms with van der Waals surface area (Å²) in [5, 5.41) is 3.23. The Morgan fingerprint density at radius 1 is 0.885 bits per heavy atom. The molecule has 0 radical (unpaired) electrons. The van der Waals surface area contributed by atoms with Gasteiger partial charge in [-0.15, -0.1) is 0 Å². The van der Waals surface area contributed by atoms with Gasteiger partial charge >= 0.3 is 0 Å². The maximum Gasteiger partial charge on any atom is 0.137 e. The zero-order valence-corrected chi connectivity index (χ0v) is 15.0. The van der Waals surface area contributed by atoms with Gasteiger partial charge in [0, 0.05) is 17.5 Å². The minimum Gasteiger partial charge on any atom is -0.340 e. The van der Waals surface area contributed by atoms with Gasteiger partial charge in [-0.25, -0.2) is 4.98 Å². The number of pyridine rings is 1. The first-order valence-corrected chi connectivity index (χ1v) is 9.03. The highest BCUT2D eigenvalue weighted by Gasteiger charge is 2.15. The van der Waals surface area contributed by atoms with Gasteiger partial charge < -0.3 is 5.32 Å². The molecule has 3 aromatic rings. The Kier molecular flexibility index (Phi) is 4.40. The van der Waals surface area contributed by atoms with Crippen LogP contribution in [-0.4, -0.2) is 4.98 Å². The number of fused-ring (bicyclic) bond motifs is 1. The van der Waals surface area contributed by atoms with Crippen LogP contribution in [0.4, 0.5) is 5.82 Å². The first-order valence-electron chi connectivity index (χ1n) is 9.03. The highest BCUT2D eigenvalue weighted by Crippen LogP contribution is 2.31. The normalized spacial score (nSPS) is 13.0. The molecule has 0 fully saturated rings. The summed E-state index contributed by atoms with van der Waals surface area (Å²) in [7, 11) is 0. The quantitative estimate of drug-likeness (QED) is 0.643. The molecule has 2 aromatic carbocycles. The summed E-state index contributed by atoms with van der Waals surface area (Å²) in [5.74, 6) is 0.891. The fourth-order valence-corrected chi connectivity index (χ4v) is 3.35. The summed E-state index contributed by atoms with van der Waals surface area (Å²) < 4.78 is 0. The zero-order valence-electron chi connectivity index (χ0n) is 15.0. The van der Waals surface area contributed by atoms with Crippen LogP contribution in [0.2, 0.25) is 0 Å². The molecule has 26 heavy (non-hydrogen) atoms. The zero-order chi connectivity index (χ0) is 17.9. The van der Waals surface area contributed by atoms with Crippen molar-refractivity contribution in [2.45, 2.75) is 19.8 Å². The number of aryl methyl sites for hydroxylation is 1. The fourth-order valence-electron chi connectivity index (χ4n) is 3.35. The van der Waals surface area contributed by atoms with E-state index in [0.29, 0.717) is 0 Å². The van der Waals surface area contributed by atoms with Gasteiger partial charge in [0.2, 0.25) is 0 Å². The Morgan fingerprint density at radius 2 is 1.54 bits per heavy atom. The number of benzene rings is 2. The van der Waals surface area contributed by atoms with Crippen LogP contribution >= 0.6 is 0 Å². The highest BCUT2D eigenvalue weighted by atomic mass is 15.0. The lowest BCUT2D eigenvalue weighted by Crippen LogP contribution is -2.08. The van der Waals surface area contributed by atoms with E-state index in [1.807, 2.05) is 6.07 Å². The van der Waals surface area contributed by atoms with Gasteiger partial charge in [0.25, 0.3) is 0 Å². The van der Waals surface area contributed by atoms with Crippen LogP contribution in [-0.2, 0) is 12.8 Å². The second kappa shape index (κ2) is 7.01. The molecule has 0 bridgehead atoms. The maximum atomic E-state index is 4.42. The molecule has 0 saturated heterocycles. The summed E-state index contributed by atoms with van der Waals surface area (Å²) in [6.07, 6.45) is 5.86. The van der Waals surface area contributed by atoms with Crippen LogP contribution in [0.15, 0.2) is 85.2 Å². The Balaban J connectivity index is 1.57. The van der Waals surface area contributed by atoms with Crippen LogP contribution in [0.25, 0.3) is 16.7 Å². The number of hydrogen-bond donors (Lipinski definition) is 1. The number of nitrogens with one attached hydrogen (secondary N) is 1. The third kappa shape index (κ3) is 3.31. The Hall–Kier alpha value is -3.13. The average Bonchev–Trinajstić information content (AvgIpc) is 2.68. The van der Waals surface area contributed by atoms with E-state index < -0.39 is 0 Å². The first-order chi connectivity index (χ1) is 12.7. The summed E-state index contributed by atoms with van der Waals surface area (Å²) in [6, 6.07) is 21.7. The molecular formula is C24H22N2. The molecule has 0 atom stereocenters. The lowest BCUT2D eigenvalue weighted by Gasteiger charge is -2.19. The summed E-state index contributed by atoms with van der Waals surface area (Å²) in [6.45, 7) is 6.23. The molecule has 2 heteroatoms. The van der Waals surface area contributed by atoms with E-state index in [4.69, 9.17) is 0 Å². The average molecular weight is 338 g/mol. The van der Waals surface area contributed by atoms with Crippen LogP contribution in [0.3, 0.4) is 0 Å². The second-order valence-corrected chi connectivity index (χ2v) is 6.64. The lowest BCUT2D eigenvalue weighted by molar-refractivity contribution is 1.14. The van der Waals surface area contributed by atoms with E-state index in [0.717, 1.165) is 29.9 Å². The molecule has 2 nitrogen and oxygen atoms in total. The first kappa shape index (κ1) is 16.3. The standard InChI is InChI=1S/C24H22N2/c1-3-18-6-10-20(11-7-18)21-12-8-19(9-13-21)16-22-15-17(2)26-24-23(22)5-4-14-25-24/h4-15H,2-3,16H2,1H3,(H,25,26). The van der Waals surface area contributed by atoms with Crippen molar-refractivity contribution in [3.63, 3.8) is 0 Å². The summed E-state index contributed by atoms with van der Waals surface area (Å²) in [5.41, 5.74) is 8.46. The lowest BCUT2D eigenvalue weighted by atomic mass is 9.94. The molecule has 1 N–H and O–H groups in total. The van der Waals surface area contributed by atoms with Gasteiger partial charge in [-0.2, -0.15) is 0 Å². The molecule has 1 aliphatic rings. The number of rotatable bonds is 4. The molecular weight excluding hydrogens is 316 g/mol. The van der Waals surface area contributed by atoms with Crippen molar-refractivity contribution in [1.29, 1.82) is 0 Å². The predicted octanol–water partition coefficient (Wildman–Crippen LogP) is 5.88. The van der Waals surface area contributed by atoms with Crippen molar-refractivity contribution in [1.82, 2.24) is 4.98 Å². The summed E-state index contributed by atoms with van der Waals surface area (Å²) >= 11 is 0. The summed E-state index contributed by atoms with van der Waals surface area (Å²) in [4.78, 5) is 4.42. The van der Waals surface area contributed by atoms with Crippen molar-refractivity contribution in [2.24, 2.45) is 0 Å². The number of hydrogen-bond acceptors (Lipinski definition) is 2. The predicted molar refractivity (Wildman–Crippen MR) is 110 cm³/mol. The van der Waals surface area contributed by atoms with Gasteiger partial charge in [-0.3, -0.25) is 0 Å². The molecule has 1 aliphatic heterocycles. The minimum absolute atomic E-state index is 0.869. The second-order valence-electron chi connectivity index (χ2n) is 6.64. The fraction of sp³-hybridized carbons (Fsp3) is 0.125. The molecule has 0 aliphatic carbocycles. The Morgan fingerprint density at radius 3 is 2.19 bits per heavy atom. The number of aromatic nitrogens is 1. The van der Waals surface area contributed by atoms with Gasteiger partial charge in [0.15, 0.2) is 0 Å². The molecule has 0 amide bonds. The van der Waals surface area contributed by atoms with E-state index in [2.05, 4.69) is 84.5 Å². The van der Waals surface area contributed by atoms with Crippen LogP contribution < -0.4 is 5.32 Å². The largest absolute Gasteiger partial charge is 0.340 e. The Labute approximate surface area is 154 Å². The number of anilines is 1. The van der Waals surface area contributed by atoms with Gasteiger partial charge in [0.1, 0.15) is 5.82 Å². The molecule has 4 rings (SSSR count). The van der Waals surface area contributed by atoms with Gasteiger partial charge in [-0.1, -0.05) is 62.0 Å². The van der Waals surface area contributed by atoms with Crippen LogP contribution in [0.1, 0.15) is 23.6 Å². The maximum absolute atomic E-state index is 4.42. The number of nitrogens with zero attached hydrogens (tertiary/aromatic N) is 1. The van der Waals surface area contributed by atoms with Crippen molar-refractivity contribution in [3.05, 3.63) is 102 Å². The third-order valence-corrected chi connectivity index (χ3v) is 4.83. The molecule has 0 saturated carbocycles. The van der Waals surface area contributed by atoms with Gasteiger partial charge in [-0.05, 0) is 58.9 Å². The van der Waals surface area contributed by atoms with E-state index >= 15 is 0 Å². The topological polar surface area (TPSA) is 24.9 Å². The van der Waals surface area contributed by atoms with Gasteiger partial charge in [0.05, 0.1) is 0 Å². The highest BCUT2D eigenvalue weighted by molar-refractivity contribution is 5.82. The van der Waals surface area contributed by atoms with Crippen molar-refractivity contribution in [2.75, 3.05) is 5.32 Å². The van der Waals surface area contributed by atoms with Crippen LogP contribution in [0.5, 0.6) is 0 Å². The van der Waals surface area contributed by atoms with E-state index in [1.165, 1.54) is 27.8 Å². The van der Waals surface area contributed by atoms with Crippen molar-refractivity contribution < 1.29 is 0 Å². The molecule has 128 valence electrons.